The first-order valence-corrected chi connectivity index (χ1v) is 7.14. The predicted octanol–water partition coefficient (Wildman–Crippen LogP) is 3.38. The maximum Gasteiger partial charge on any atom is 0.305 e. The number of carboxylic acids is 1. The summed E-state index contributed by atoms with van der Waals surface area (Å²) in [7, 11) is 0. The van der Waals surface area contributed by atoms with Crippen molar-refractivity contribution in [3.05, 3.63) is 65.5 Å². The van der Waals surface area contributed by atoms with Crippen molar-refractivity contribution in [2.24, 2.45) is 0 Å². The molecule has 1 N–H and O–H groups in total. The molecule has 4 nitrogen and oxygen atoms in total. The quantitative estimate of drug-likeness (QED) is 0.785. The zero-order chi connectivity index (χ0) is 16.4. The number of halogens is 2. The highest BCUT2D eigenvalue weighted by atomic mass is 19.2. The molecule has 0 unspecified atom stereocenters. The molecule has 1 heterocycles. The second-order valence-corrected chi connectivity index (χ2v) is 5.24. The van der Waals surface area contributed by atoms with Crippen LogP contribution in [0.15, 0.2) is 42.5 Å². The van der Waals surface area contributed by atoms with E-state index in [0.717, 1.165) is 17.7 Å². The number of nitrogens with zero attached hydrogens (tertiary/aromatic N) is 2. The Balaban J connectivity index is 2.07. The normalized spacial score (nSPS) is 11.0. The van der Waals surface area contributed by atoms with Gasteiger partial charge < -0.3 is 9.67 Å². The Hall–Kier alpha value is -2.76. The Kier molecular flexibility index (Phi) is 4.06. The Morgan fingerprint density at radius 2 is 1.83 bits per heavy atom. The standard InChI is InChI=1S/C17H14F2N2O2/c18-12-9-14-15(10-13(12)19)21(7-6-17(22)23)16(20-14)8-11-4-2-1-3-5-11/h1-5,9-10H,6-8H2,(H,22,23). The maximum absolute atomic E-state index is 13.5. The largest absolute Gasteiger partial charge is 0.481 e. The Labute approximate surface area is 131 Å². The second-order valence-electron chi connectivity index (χ2n) is 5.24. The van der Waals surface area contributed by atoms with E-state index in [9.17, 15) is 13.6 Å². The molecule has 0 bridgehead atoms. The van der Waals surface area contributed by atoms with Crippen LogP contribution in [0.25, 0.3) is 11.0 Å². The summed E-state index contributed by atoms with van der Waals surface area (Å²) in [6.45, 7) is 0.152. The lowest BCUT2D eigenvalue weighted by atomic mass is 10.1. The van der Waals surface area contributed by atoms with Gasteiger partial charge in [-0.05, 0) is 5.56 Å². The van der Waals surface area contributed by atoms with Gasteiger partial charge in [0.15, 0.2) is 11.6 Å². The lowest BCUT2D eigenvalue weighted by Gasteiger charge is -2.08. The molecule has 0 aliphatic rings. The first kappa shape index (κ1) is 15.1. The van der Waals surface area contributed by atoms with Crippen LogP contribution in [0.5, 0.6) is 0 Å². The van der Waals surface area contributed by atoms with Crippen molar-refractivity contribution in [1.82, 2.24) is 9.55 Å². The summed E-state index contributed by atoms with van der Waals surface area (Å²) in [5.74, 6) is -2.32. The number of carbonyl (C=O) groups is 1. The third kappa shape index (κ3) is 3.21. The van der Waals surface area contributed by atoms with E-state index < -0.39 is 17.6 Å². The van der Waals surface area contributed by atoms with Crippen LogP contribution in [0.2, 0.25) is 0 Å². The Morgan fingerprint density at radius 1 is 1.13 bits per heavy atom. The van der Waals surface area contributed by atoms with Gasteiger partial charge in [-0.15, -0.1) is 0 Å². The molecule has 0 fully saturated rings. The number of benzene rings is 2. The monoisotopic (exact) mass is 316 g/mol. The molecule has 0 radical (unpaired) electrons. The molecule has 3 rings (SSSR count). The molecule has 0 amide bonds. The molecule has 3 aromatic rings. The van der Waals surface area contributed by atoms with Crippen molar-refractivity contribution in [2.75, 3.05) is 0 Å². The zero-order valence-corrected chi connectivity index (χ0v) is 12.2. The molecule has 118 valence electrons. The minimum Gasteiger partial charge on any atom is -0.481 e. The van der Waals surface area contributed by atoms with Gasteiger partial charge in [-0.3, -0.25) is 4.79 Å². The van der Waals surface area contributed by atoms with Crippen LogP contribution in [0.4, 0.5) is 8.78 Å². The SMILES string of the molecule is O=C(O)CCn1c(Cc2ccccc2)nc2cc(F)c(F)cc21. The fourth-order valence-electron chi connectivity index (χ4n) is 2.54. The smallest absolute Gasteiger partial charge is 0.305 e. The average molecular weight is 316 g/mol. The fraction of sp³-hybridized carbons (Fsp3) is 0.176. The summed E-state index contributed by atoms with van der Waals surface area (Å²) < 4.78 is 28.6. The van der Waals surface area contributed by atoms with E-state index in [0.29, 0.717) is 23.3 Å². The number of aryl methyl sites for hydroxylation is 1. The van der Waals surface area contributed by atoms with E-state index in [-0.39, 0.29) is 13.0 Å². The van der Waals surface area contributed by atoms with Crippen LogP contribution < -0.4 is 0 Å². The zero-order valence-electron chi connectivity index (χ0n) is 12.2. The van der Waals surface area contributed by atoms with Crippen LogP contribution >= 0.6 is 0 Å². The number of aliphatic carboxylic acids is 1. The highest BCUT2D eigenvalue weighted by Crippen LogP contribution is 2.22. The average Bonchev–Trinajstić information content (AvgIpc) is 2.83. The maximum atomic E-state index is 13.5. The van der Waals surface area contributed by atoms with E-state index in [1.807, 2.05) is 30.3 Å². The molecular formula is C17H14F2N2O2. The van der Waals surface area contributed by atoms with E-state index >= 15 is 0 Å². The van der Waals surface area contributed by atoms with E-state index in [2.05, 4.69) is 4.98 Å². The van der Waals surface area contributed by atoms with Crippen LogP contribution in [0.3, 0.4) is 0 Å². The first-order chi connectivity index (χ1) is 11.0. The topological polar surface area (TPSA) is 55.1 Å². The molecule has 2 aromatic carbocycles. The summed E-state index contributed by atoms with van der Waals surface area (Å²) in [5, 5.41) is 8.90. The van der Waals surface area contributed by atoms with Crippen molar-refractivity contribution in [1.29, 1.82) is 0 Å². The molecule has 0 saturated carbocycles. The minimum absolute atomic E-state index is 0.119. The number of fused-ring (bicyclic) bond motifs is 1. The highest BCUT2D eigenvalue weighted by molar-refractivity contribution is 5.76. The lowest BCUT2D eigenvalue weighted by Crippen LogP contribution is -2.08. The second kappa shape index (κ2) is 6.16. The van der Waals surface area contributed by atoms with E-state index in [1.165, 1.54) is 0 Å². The van der Waals surface area contributed by atoms with Crippen LogP contribution in [0, 0.1) is 11.6 Å². The van der Waals surface area contributed by atoms with Gasteiger partial charge in [0.1, 0.15) is 5.82 Å². The summed E-state index contributed by atoms with van der Waals surface area (Å²) in [6.07, 6.45) is 0.338. The molecule has 23 heavy (non-hydrogen) atoms. The number of aromatic nitrogens is 2. The van der Waals surface area contributed by atoms with Crippen LogP contribution in [-0.4, -0.2) is 20.6 Å². The van der Waals surface area contributed by atoms with Crippen molar-refractivity contribution in [3.8, 4) is 0 Å². The first-order valence-electron chi connectivity index (χ1n) is 7.14. The Morgan fingerprint density at radius 3 is 2.52 bits per heavy atom. The van der Waals surface area contributed by atoms with Gasteiger partial charge in [-0.2, -0.15) is 0 Å². The third-order valence-corrected chi connectivity index (χ3v) is 3.62. The molecule has 6 heteroatoms. The number of carboxylic acid groups (broad SMARTS) is 1. The molecule has 1 aromatic heterocycles. The molecule has 0 saturated heterocycles. The predicted molar refractivity (Wildman–Crippen MR) is 81.1 cm³/mol. The number of hydrogen-bond acceptors (Lipinski definition) is 2. The van der Waals surface area contributed by atoms with Crippen molar-refractivity contribution < 1.29 is 18.7 Å². The van der Waals surface area contributed by atoms with Crippen LogP contribution in [-0.2, 0) is 17.8 Å². The van der Waals surface area contributed by atoms with E-state index in [4.69, 9.17) is 5.11 Å². The summed E-state index contributed by atoms with van der Waals surface area (Å²) >= 11 is 0. The summed E-state index contributed by atoms with van der Waals surface area (Å²) in [4.78, 5) is 15.2. The third-order valence-electron chi connectivity index (χ3n) is 3.62. The highest BCUT2D eigenvalue weighted by Gasteiger charge is 2.15. The van der Waals surface area contributed by atoms with Crippen molar-refractivity contribution >= 4 is 17.0 Å². The van der Waals surface area contributed by atoms with Gasteiger partial charge in [0.25, 0.3) is 0 Å². The van der Waals surface area contributed by atoms with Crippen molar-refractivity contribution in [3.63, 3.8) is 0 Å². The Bertz CT molecular complexity index is 860. The van der Waals surface area contributed by atoms with Gasteiger partial charge in [0.2, 0.25) is 0 Å². The fourth-order valence-corrected chi connectivity index (χ4v) is 2.54. The van der Waals surface area contributed by atoms with Crippen molar-refractivity contribution in [2.45, 2.75) is 19.4 Å². The van der Waals surface area contributed by atoms with Gasteiger partial charge in [0, 0.05) is 25.1 Å². The molecule has 0 atom stereocenters. The summed E-state index contributed by atoms with van der Waals surface area (Å²) in [5.41, 5.74) is 1.71. The molecule has 0 spiro atoms. The van der Waals surface area contributed by atoms with Gasteiger partial charge in [-0.25, -0.2) is 13.8 Å². The van der Waals surface area contributed by atoms with Gasteiger partial charge in [-0.1, -0.05) is 30.3 Å². The molecule has 0 aliphatic heterocycles. The van der Waals surface area contributed by atoms with Gasteiger partial charge in [0.05, 0.1) is 17.5 Å². The van der Waals surface area contributed by atoms with E-state index in [1.54, 1.807) is 4.57 Å². The molecular weight excluding hydrogens is 302 g/mol. The summed E-state index contributed by atoms with van der Waals surface area (Å²) in [6, 6.07) is 11.6. The number of hydrogen-bond donors (Lipinski definition) is 1. The lowest BCUT2D eigenvalue weighted by molar-refractivity contribution is -0.137. The number of rotatable bonds is 5. The van der Waals surface area contributed by atoms with Crippen LogP contribution in [0.1, 0.15) is 17.8 Å². The minimum atomic E-state index is -0.972. The van der Waals surface area contributed by atoms with Gasteiger partial charge >= 0.3 is 5.97 Å². The number of imidazole rings is 1. The molecule has 0 aliphatic carbocycles.